The number of ether oxygens (including phenoxy) is 1. The van der Waals surface area contributed by atoms with Gasteiger partial charge in [-0.2, -0.15) is 5.10 Å². The second-order valence-electron chi connectivity index (χ2n) is 6.47. The number of fused-ring (bicyclic) bond motifs is 1. The van der Waals surface area contributed by atoms with E-state index >= 15 is 0 Å². The number of rotatable bonds is 5. The quantitative estimate of drug-likeness (QED) is 0.880. The lowest BCUT2D eigenvalue weighted by Gasteiger charge is -2.33. The number of morpholine rings is 1. The molecule has 0 saturated carbocycles. The van der Waals surface area contributed by atoms with E-state index in [-0.39, 0.29) is 12.0 Å². The molecule has 2 N–H and O–H groups in total. The first-order chi connectivity index (χ1) is 11.1. The number of hydrogen-bond acceptors (Lipinski definition) is 4. The van der Waals surface area contributed by atoms with Crippen LogP contribution in [0.15, 0.2) is 24.3 Å². The highest BCUT2D eigenvalue weighted by molar-refractivity contribution is 6.04. The van der Waals surface area contributed by atoms with Gasteiger partial charge in [0.25, 0.3) is 5.91 Å². The molecule has 1 fully saturated rings. The number of carbonyl (C=O) groups excluding carboxylic acids is 1. The van der Waals surface area contributed by atoms with E-state index < -0.39 is 0 Å². The van der Waals surface area contributed by atoms with Crippen LogP contribution in [0.5, 0.6) is 0 Å². The minimum Gasteiger partial charge on any atom is -0.374 e. The largest absolute Gasteiger partial charge is 0.374 e. The summed E-state index contributed by atoms with van der Waals surface area (Å²) >= 11 is 0. The molecule has 6 nitrogen and oxygen atoms in total. The Labute approximate surface area is 136 Å². The molecule has 1 aromatic carbocycles. The Bertz CT molecular complexity index is 667. The molecule has 1 amide bonds. The molecule has 1 atom stereocenters. The maximum atomic E-state index is 12.4. The molecule has 1 aromatic heterocycles. The highest BCUT2D eigenvalue weighted by atomic mass is 16.5. The van der Waals surface area contributed by atoms with E-state index in [1.54, 1.807) is 0 Å². The standard InChI is InChI=1S/C17H24N4O2/c1-12(2)10-21-7-8-23-13(11-21)9-18-17(22)16-14-5-3-4-6-15(14)19-20-16/h3-6,12-13H,7-11H2,1-2H3,(H,18,22)(H,19,20)/t13-/m1/s1. The van der Waals surface area contributed by atoms with E-state index in [1.807, 2.05) is 24.3 Å². The van der Waals surface area contributed by atoms with Gasteiger partial charge in [-0.05, 0) is 12.0 Å². The number of para-hydroxylation sites is 1. The van der Waals surface area contributed by atoms with Gasteiger partial charge >= 0.3 is 0 Å². The highest BCUT2D eigenvalue weighted by Gasteiger charge is 2.22. The lowest BCUT2D eigenvalue weighted by Crippen LogP contribution is -2.48. The molecule has 124 valence electrons. The average molecular weight is 316 g/mol. The second-order valence-corrected chi connectivity index (χ2v) is 6.47. The van der Waals surface area contributed by atoms with Gasteiger partial charge in [0.05, 0.1) is 18.2 Å². The molecule has 0 bridgehead atoms. The Hall–Kier alpha value is -1.92. The maximum absolute atomic E-state index is 12.4. The molecular formula is C17H24N4O2. The molecular weight excluding hydrogens is 292 g/mol. The van der Waals surface area contributed by atoms with Crippen LogP contribution in [-0.4, -0.2) is 59.9 Å². The molecule has 2 heterocycles. The predicted molar refractivity (Wildman–Crippen MR) is 89.4 cm³/mol. The first kappa shape index (κ1) is 16.0. The normalized spacial score (nSPS) is 19.3. The van der Waals surface area contributed by atoms with Crippen molar-refractivity contribution in [2.45, 2.75) is 20.0 Å². The zero-order chi connectivity index (χ0) is 16.2. The van der Waals surface area contributed by atoms with Crippen LogP contribution in [0.3, 0.4) is 0 Å². The Kier molecular flexibility index (Phi) is 4.93. The lowest BCUT2D eigenvalue weighted by molar-refractivity contribution is -0.0295. The molecule has 6 heteroatoms. The van der Waals surface area contributed by atoms with E-state index in [0.717, 1.165) is 37.1 Å². The van der Waals surface area contributed by atoms with Crippen LogP contribution in [0.2, 0.25) is 0 Å². The predicted octanol–water partition coefficient (Wildman–Crippen LogP) is 1.65. The van der Waals surface area contributed by atoms with Gasteiger partial charge in [0.15, 0.2) is 5.69 Å². The fourth-order valence-electron chi connectivity index (χ4n) is 3.01. The van der Waals surface area contributed by atoms with Crippen LogP contribution in [-0.2, 0) is 4.74 Å². The van der Waals surface area contributed by atoms with Crippen molar-refractivity contribution in [3.63, 3.8) is 0 Å². The molecule has 0 spiro atoms. The van der Waals surface area contributed by atoms with Gasteiger partial charge in [-0.1, -0.05) is 32.0 Å². The molecule has 0 unspecified atom stereocenters. The number of H-pyrrole nitrogens is 1. The summed E-state index contributed by atoms with van der Waals surface area (Å²) in [5.41, 5.74) is 1.31. The van der Waals surface area contributed by atoms with Crippen molar-refractivity contribution in [1.29, 1.82) is 0 Å². The van der Waals surface area contributed by atoms with Crippen LogP contribution in [0, 0.1) is 5.92 Å². The van der Waals surface area contributed by atoms with Crippen LogP contribution in [0.1, 0.15) is 24.3 Å². The lowest BCUT2D eigenvalue weighted by atomic mass is 10.1. The second kappa shape index (κ2) is 7.10. The number of amides is 1. The summed E-state index contributed by atoms with van der Waals surface area (Å²) in [5.74, 6) is 0.478. The molecule has 2 aromatic rings. The minimum absolute atomic E-state index is 0.0386. The fraction of sp³-hybridized carbons (Fsp3) is 0.529. The monoisotopic (exact) mass is 316 g/mol. The zero-order valence-corrected chi connectivity index (χ0v) is 13.7. The van der Waals surface area contributed by atoms with Gasteiger partial charge in [-0.3, -0.25) is 14.8 Å². The fourth-order valence-corrected chi connectivity index (χ4v) is 3.01. The van der Waals surface area contributed by atoms with Gasteiger partial charge in [0.2, 0.25) is 0 Å². The topological polar surface area (TPSA) is 70.2 Å². The van der Waals surface area contributed by atoms with E-state index in [9.17, 15) is 4.79 Å². The van der Waals surface area contributed by atoms with Crippen LogP contribution in [0.4, 0.5) is 0 Å². The molecule has 23 heavy (non-hydrogen) atoms. The molecule has 1 aliphatic heterocycles. The highest BCUT2D eigenvalue weighted by Crippen LogP contribution is 2.15. The van der Waals surface area contributed by atoms with Crippen molar-refractivity contribution >= 4 is 16.8 Å². The van der Waals surface area contributed by atoms with Crippen molar-refractivity contribution in [2.24, 2.45) is 5.92 Å². The summed E-state index contributed by atoms with van der Waals surface area (Å²) in [6.07, 6.45) is 0.0386. The van der Waals surface area contributed by atoms with Crippen LogP contribution >= 0.6 is 0 Å². The zero-order valence-electron chi connectivity index (χ0n) is 13.7. The Balaban J connectivity index is 1.56. The Morgan fingerprint density at radius 2 is 2.30 bits per heavy atom. The van der Waals surface area contributed by atoms with Crippen molar-refractivity contribution in [2.75, 3.05) is 32.8 Å². The first-order valence-electron chi connectivity index (χ1n) is 8.18. The van der Waals surface area contributed by atoms with Gasteiger partial charge < -0.3 is 10.1 Å². The van der Waals surface area contributed by atoms with Crippen molar-refractivity contribution < 1.29 is 9.53 Å². The summed E-state index contributed by atoms with van der Waals surface area (Å²) in [6, 6.07) is 7.63. The third-order valence-corrected chi connectivity index (χ3v) is 4.02. The van der Waals surface area contributed by atoms with E-state index in [2.05, 4.69) is 34.3 Å². The molecule has 1 saturated heterocycles. The van der Waals surface area contributed by atoms with E-state index in [4.69, 9.17) is 4.74 Å². The molecule has 1 aliphatic rings. The number of hydrogen-bond donors (Lipinski definition) is 2. The van der Waals surface area contributed by atoms with Gasteiger partial charge in [-0.25, -0.2) is 0 Å². The number of aromatic nitrogens is 2. The third-order valence-electron chi connectivity index (χ3n) is 4.02. The van der Waals surface area contributed by atoms with Crippen LogP contribution < -0.4 is 5.32 Å². The summed E-state index contributed by atoms with van der Waals surface area (Å²) in [5, 5.41) is 10.8. The summed E-state index contributed by atoms with van der Waals surface area (Å²) in [7, 11) is 0. The van der Waals surface area contributed by atoms with E-state index in [1.165, 1.54) is 0 Å². The summed E-state index contributed by atoms with van der Waals surface area (Å²) in [6.45, 7) is 8.56. The average Bonchev–Trinajstić information content (AvgIpc) is 2.96. The number of nitrogens with one attached hydrogen (secondary N) is 2. The Morgan fingerprint density at radius 1 is 1.48 bits per heavy atom. The molecule has 0 radical (unpaired) electrons. The number of carbonyl (C=O) groups is 1. The molecule has 0 aliphatic carbocycles. The summed E-state index contributed by atoms with van der Waals surface area (Å²) < 4.78 is 5.76. The maximum Gasteiger partial charge on any atom is 0.272 e. The van der Waals surface area contributed by atoms with E-state index in [0.29, 0.717) is 18.2 Å². The van der Waals surface area contributed by atoms with Crippen molar-refractivity contribution in [3.8, 4) is 0 Å². The number of aromatic amines is 1. The van der Waals surface area contributed by atoms with Crippen LogP contribution in [0.25, 0.3) is 10.9 Å². The summed E-state index contributed by atoms with van der Waals surface area (Å²) in [4.78, 5) is 14.8. The number of nitrogens with zero attached hydrogens (tertiary/aromatic N) is 2. The third kappa shape index (κ3) is 3.89. The van der Waals surface area contributed by atoms with Gasteiger partial charge in [0.1, 0.15) is 0 Å². The smallest absolute Gasteiger partial charge is 0.272 e. The molecule has 3 rings (SSSR count). The SMILES string of the molecule is CC(C)CN1CCO[C@H](CNC(=O)c2n[nH]c3ccccc23)C1. The van der Waals surface area contributed by atoms with Crippen molar-refractivity contribution in [3.05, 3.63) is 30.0 Å². The Morgan fingerprint density at radius 3 is 3.13 bits per heavy atom. The number of benzene rings is 1. The van der Waals surface area contributed by atoms with Crippen molar-refractivity contribution in [1.82, 2.24) is 20.4 Å². The minimum atomic E-state index is -0.160. The first-order valence-corrected chi connectivity index (χ1v) is 8.18. The van der Waals surface area contributed by atoms with Gasteiger partial charge in [-0.15, -0.1) is 0 Å². The van der Waals surface area contributed by atoms with Gasteiger partial charge in [0, 0.05) is 31.6 Å².